The van der Waals surface area contributed by atoms with Crippen LogP contribution >= 0.6 is 0 Å². The first-order chi connectivity index (χ1) is 9.11. The molecule has 0 saturated carbocycles. The fraction of sp³-hybridized carbons (Fsp3) is 0.692. The van der Waals surface area contributed by atoms with E-state index < -0.39 is 18.1 Å². The number of hydrogen-bond donors (Lipinski definition) is 2. The van der Waals surface area contributed by atoms with Gasteiger partial charge in [-0.1, -0.05) is 19.4 Å². The van der Waals surface area contributed by atoms with Crippen molar-refractivity contribution in [2.45, 2.75) is 38.6 Å². The molecule has 6 nitrogen and oxygen atoms in total. The van der Waals surface area contributed by atoms with Crippen molar-refractivity contribution in [3.8, 4) is 0 Å². The number of aliphatic carboxylic acids is 1. The number of rotatable bonds is 11. The van der Waals surface area contributed by atoms with Gasteiger partial charge in [0.15, 0.2) is 6.04 Å². The van der Waals surface area contributed by atoms with Gasteiger partial charge in [0.1, 0.15) is 0 Å². The molecule has 1 amide bonds. The lowest BCUT2D eigenvalue weighted by Crippen LogP contribution is -2.44. The SMILES string of the molecule is C=CCCCOC[C@H](NC(=O)OCCCC)C(=O)O. The number of allylic oxidation sites excluding steroid dienone is 1. The molecule has 0 aromatic carbocycles. The molecule has 0 fully saturated rings. The molecule has 6 heteroatoms. The average molecular weight is 273 g/mol. The lowest BCUT2D eigenvalue weighted by Gasteiger charge is -2.14. The van der Waals surface area contributed by atoms with E-state index in [1.165, 1.54) is 0 Å². The highest BCUT2D eigenvalue weighted by Gasteiger charge is 2.20. The van der Waals surface area contributed by atoms with Gasteiger partial charge >= 0.3 is 12.1 Å². The van der Waals surface area contributed by atoms with E-state index in [-0.39, 0.29) is 13.2 Å². The number of nitrogens with one attached hydrogen (secondary N) is 1. The lowest BCUT2D eigenvalue weighted by atomic mass is 10.3. The summed E-state index contributed by atoms with van der Waals surface area (Å²) in [4.78, 5) is 22.2. The molecule has 0 bridgehead atoms. The van der Waals surface area contributed by atoms with Gasteiger partial charge in [-0.05, 0) is 19.3 Å². The van der Waals surface area contributed by atoms with Crippen molar-refractivity contribution in [1.82, 2.24) is 5.32 Å². The topological polar surface area (TPSA) is 84.9 Å². The zero-order chi connectivity index (χ0) is 14.5. The summed E-state index contributed by atoms with van der Waals surface area (Å²) in [6.07, 6.45) is 4.28. The number of carbonyl (C=O) groups is 2. The van der Waals surface area contributed by atoms with Crippen LogP contribution in [-0.2, 0) is 14.3 Å². The second-order valence-corrected chi connectivity index (χ2v) is 4.03. The van der Waals surface area contributed by atoms with E-state index in [1.807, 2.05) is 6.92 Å². The van der Waals surface area contributed by atoms with Gasteiger partial charge in [-0.15, -0.1) is 6.58 Å². The monoisotopic (exact) mass is 273 g/mol. The first-order valence-electron chi connectivity index (χ1n) is 6.46. The van der Waals surface area contributed by atoms with Crippen LogP contribution in [0.4, 0.5) is 4.79 Å². The number of unbranched alkanes of at least 4 members (excludes halogenated alkanes) is 2. The number of alkyl carbamates (subject to hydrolysis) is 1. The summed E-state index contributed by atoms with van der Waals surface area (Å²) in [6, 6.07) is -1.09. The second kappa shape index (κ2) is 11.5. The molecule has 2 N–H and O–H groups in total. The standard InChI is InChI=1S/C13H23NO5/c1-3-5-7-8-18-10-11(12(15)16)14-13(17)19-9-6-4-2/h3,11H,1,4-10H2,2H3,(H,14,17)(H,15,16)/t11-/m0/s1. The van der Waals surface area contributed by atoms with Gasteiger partial charge in [-0.2, -0.15) is 0 Å². The molecule has 110 valence electrons. The molecule has 0 heterocycles. The summed E-state index contributed by atoms with van der Waals surface area (Å²) < 4.78 is 10.0. The summed E-state index contributed by atoms with van der Waals surface area (Å²) in [5.41, 5.74) is 0. The van der Waals surface area contributed by atoms with Crippen molar-refractivity contribution < 1.29 is 24.2 Å². The highest BCUT2D eigenvalue weighted by molar-refractivity contribution is 5.79. The zero-order valence-corrected chi connectivity index (χ0v) is 11.4. The fourth-order valence-electron chi connectivity index (χ4n) is 1.20. The molecule has 0 saturated heterocycles. The Balaban J connectivity index is 3.87. The Labute approximate surface area is 113 Å². The summed E-state index contributed by atoms with van der Waals surface area (Å²) in [5, 5.41) is 11.2. The average Bonchev–Trinajstić information content (AvgIpc) is 2.37. The van der Waals surface area contributed by atoms with Crippen molar-refractivity contribution in [3.63, 3.8) is 0 Å². The molecule has 19 heavy (non-hydrogen) atoms. The van der Waals surface area contributed by atoms with Crippen LogP contribution in [0.15, 0.2) is 12.7 Å². The predicted molar refractivity (Wildman–Crippen MR) is 71.1 cm³/mol. The molecule has 0 aliphatic heterocycles. The molecular weight excluding hydrogens is 250 g/mol. The summed E-state index contributed by atoms with van der Waals surface area (Å²) >= 11 is 0. The first kappa shape index (κ1) is 17.4. The van der Waals surface area contributed by atoms with Gasteiger partial charge < -0.3 is 19.9 Å². The lowest BCUT2D eigenvalue weighted by molar-refractivity contribution is -0.141. The van der Waals surface area contributed by atoms with Crippen molar-refractivity contribution in [2.24, 2.45) is 0 Å². The smallest absolute Gasteiger partial charge is 0.407 e. The minimum Gasteiger partial charge on any atom is -0.480 e. The highest BCUT2D eigenvalue weighted by Crippen LogP contribution is 1.95. The van der Waals surface area contributed by atoms with E-state index in [4.69, 9.17) is 14.6 Å². The molecule has 0 aromatic heterocycles. The van der Waals surface area contributed by atoms with Crippen LogP contribution in [0.1, 0.15) is 32.6 Å². The van der Waals surface area contributed by atoms with Crippen molar-refractivity contribution in [3.05, 3.63) is 12.7 Å². The van der Waals surface area contributed by atoms with E-state index >= 15 is 0 Å². The first-order valence-corrected chi connectivity index (χ1v) is 6.46. The Morgan fingerprint density at radius 3 is 2.68 bits per heavy atom. The van der Waals surface area contributed by atoms with Crippen LogP contribution in [0, 0.1) is 0 Å². The quantitative estimate of drug-likeness (QED) is 0.444. The van der Waals surface area contributed by atoms with Gasteiger partial charge in [0.05, 0.1) is 13.2 Å². The minimum atomic E-state index is -1.14. The number of carboxylic acids is 1. The zero-order valence-electron chi connectivity index (χ0n) is 11.4. The molecule has 0 spiro atoms. The van der Waals surface area contributed by atoms with Crippen LogP contribution in [0.3, 0.4) is 0 Å². The number of ether oxygens (including phenoxy) is 2. The number of carbonyl (C=O) groups excluding carboxylic acids is 1. The summed E-state index contributed by atoms with van der Waals surface area (Å²) in [7, 11) is 0. The fourth-order valence-corrected chi connectivity index (χ4v) is 1.20. The molecule has 0 rings (SSSR count). The van der Waals surface area contributed by atoms with E-state index in [0.717, 1.165) is 25.7 Å². The third-order valence-corrected chi connectivity index (χ3v) is 2.30. The van der Waals surface area contributed by atoms with Crippen molar-refractivity contribution in [1.29, 1.82) is 0 Å². The molecule has 0 aromatic rings. The largest absolute Gasteiger partial charge is 0.480 e. The van der Waals surface area contributed by atoms with Gasteiger partial charge in [0, 0.05) is 6.61 Å². The van der Waals surface area contributed by atoms with Gasteiger partial charge in [-0.3, -0.25) is 0 Å². The second-order valence-electron chi connectivity index (χ2n) is 4.03. The molecular formula is C13H23NO5. The van der Waals surface area contributed by atoms with E-state index in [9.17, 15) is 9.59 Å². The van der Waals surface area contributed by atoms with Crippen LogP contribution in [0.2, 0.25) is 0 Å². The Morgan fingerprint density at radius 1 is 1.37 bits per heavy atom. The number of hydrogen-bond acceptors (Lipinski definition) is 4. The van der Waals surface area contributed by atoms with Gasteiger partial charge in [0.25, 0.3) is 0 Å². The van der Waals surface area contributed by atoms with Crippen LogP contribution in [0.5, 0.6) is 0 Å². The van der Waals surface area contributed by atoms with Gasteiger partial charge in [-0.25, -0.2) is 9.59 Å². The number of amides is 1. The van der Waals surface area contributed by atoms with Crippen molar-refractivity contribution in [2.75, 3.05) is 19.8 Å². The normalized spacial score (nSPS) is 11.6. The molecule has 1 atom stereocenters. The van der Waals surface area contributed by atoms with Crippen LogP contribution in [0.25, 0.3) is 0 Å². The Bertz CT molecular complexity index is 280. The summed E-state index contributed by atoms with van der Waals surface area (Å²) in [6.45, 7) is 6.19. The van der Waals surface area contributed by atoms with E-state index in [1.54, 1.807) is 6.08 Å². The Morgan fingerprint density at radius 2 is 2.11 bits per heavy atom. The van der Waals surface area contributed by atoms with Crippen LogP contribution < -0.4 is 5.32 Å². The number of carboxylic acid groups (broad SMARTS) is 1. The third-order valence-electron chi connectivity index (χ3n) is 2.30. The van der Waals surface area contributed by atoms with E-state index in [0.29, 0.717) is 6.61 Å². The van der Waals surface area contributed by atoms with E-state index in [2.05, 4.69) is 11.9 Å². The third kappa shape index (κ3) is 10.1. The maximum absolute atomic E-state index is 11.3. The van der Waals surface area contributed by atoms with Crippen LogP contribution in [-0.4, -0.2) is 43.0 Å². The van der Waals surface area contributed by atoms with Crippen molar-refractivity contribution >= 4 is 12.1 Å². The molecule has 0 unspecified atom stereocenters. The minimum absolute atomic E-state index is 0.0741. The molecule has 0 aliphatic rings. The highest BCUT2D eigenvalue weighted by atomic mass is 16.5. The molecule has 0 aliphatic carbocycles. The Kier molecular flexibility index (Phi) is 10.6. The maximum Gasteiger partial charge on any atom is 0.407 e. The molecule has 0 radical (unpaired) electrons. The Hall–Kier alpha value is -1.56. The van der Waals surface area contributed by atoms with Gasteiger partial charge in [0.2, 0.25) is 0 Å². The predicted octanol–water partition coefficient (Wildman–Crippen LogP) is 1.95. The summed E-state index contributed by atoms with van der Waals surface area (Å²) in [5.74, 6) is -1.14. The maximum atomic E-state index is 11.3.